The van der Waals surface area contributed by atoms with Crippen LogP contribution in [-0.4, -0.2) is 15.3 Å². The molecule has 0 aliphatic rings. The summed E-state index contributed by atoms with van der Waals surface area (Å²) in [6.07, 6.45) is 3.67. The van der Waals surface area contributed by atoms with Gasteiger partial charge in [0, 0.05) is 11.5 Å². The highest BCUT2D eigenvalue weighted by Gasteiger charge is 2.17. The Morgan fingerprint density at radius 1 is 0.731 bits per heavy atom. The summed E-state index contributed by atoms with van der Waals surface area (Å²) in [4.78, 5) is 0. The number of rotatable bonds is 4. The average molecular weight is 346 g/mol. The lowest BCUT2D eigenvalue weighted by atomic mass is 9.90. The van der Waals surface area contributed by atoms with Gasteiger partial charge in [-0.1, -0.05) is 61.0 Å². The molecule has 3 N–H and O–H groups in total. The molecule has 132 valence electrons. The van der Waals surface area contributed by atoms with Crippen molar-refractivity contribution >= 4 is 12.2 Å². The fraction of sp³-hybridized carbons (Fsp3) is 0.130. The fourth-order valence-corrected chi connectivity index (χ4v) is 2.98. The largest absolute Gasteiger partial charge is 0.508 e. The van der Waals surface area contributed by atoms with Crippen molar-refractivity contribution in [1.82, 2.24) is 0 Å². The Morgan fingerprint density at radius 3 is 1.85 bits per heavy atom. The highest BCUT2D eigenvalue weighted by atomic mass is 16.3. The zero-order chi connectivity index (χ0) is 18.7. The number of aromatic hydroxyl groups is 3. The first kappa shape index (κ1) is 17.6. The molecule has 3 aromatic carbocycles. The molecule has 0 saturated carbocycles. The highest BCUT2D eigenvalue weighted by Crippen LogP contribution is 2.39. The highest BCUT2D eigenvalue weighted by molar-refractivity contribution is 5.72. The lowest BCUT2D eigenvalue weighted by Crippen LogP contribution is -1.98. The molecule has 0 aliphatic heterocycles. The van der Waals surface area contributed by atoms with Gasteiger partial charge in [-0.3, -0.25) is 0 Å². The predicted octanol–water partition coefficient (Wildman–Crippen LogP) is 5.43. The van der Waals surface area contributed by atoms with Crippen molar-refractivity contribution in [1.29, 1.82) is 0 Å². The molecule has 1 unspecified atom stereocenters. The van der Waals surface area contributed by atoms with Gasteiger partial charge in [0.15, 0.2) is 0 Å². The van der Waals surface area contributed by atoms with E-state index in [0.717, 1.165) is 11.1 Å². The maximum absolute atomic E-state index is 10.5. The second kappa shape index (κ2) is 7.36. The lowest BCUT2D eigenvalue weighted by molar-refractivity contribution is 0.435. The molecular weight excluding hydrogens is 324 g/mol. The third-order valence-corrected chi connectivity index (χ3v) is 4.53. The summed E-state index contributed by atoms with van der Waals surface area (Å²) >= 11 is 0. The van der Waals surface area contributed by atoms with E-state index in [-0.39, 0.29) is 23.2 Å². The van der Waals surface area contributed by atoms with Crippen LogP contribution in [0.1, 0.15) is 40.7 Å². The van der Waals surface area contributed by atoms with E-state index in [9.17, 15) is 15.3 Å². The molecule has 1 atom stereocenters. The predicted molar refractivity (Wildman–Crippen MR) is 106 cm³/mol. The van der Waals surface area contributed by atoms with E-state index in [1.165, 1.54) is 5.56 Å². The zero-order valence-electron chi connectivity index (χ0n) is 14.8. The number of hydrogen-bond donors (Lipinski definition) is 3. The lowest BCUT2D eigenvalue weighted by Gasteiger charge is -2.16. The van der Waals surface area contributed by atoms with Gasteiger partial charge in [-0.15, -0.1) is 0 Å². The van der Waals surface area contributed by atoms with E-state index >= 15 is 0 Å². The Balaban J connectivity index is 1.88. The van der Waals surface area contributed by atoms with Gasteiger partial charge < -0.3 is 15.3 Å². The van der Waals surface area contributed by atoms with Crippen molar-refractivity contribution < 1.29 is 15.3 Å². The van der Waals surface area contributed by atoms with Gasteiger partial charge in [0.05, 0.1) is 0 Å². The van der Waals surface area contributed by atoms with Crippen LogP contribution in [0, 0.1) is 6.92 Å². The summed E-state index contributed by atoms with van der Waals surface area (Å²) in [5, 5.41) is 30.2. The van der Waals surface area contributed by atoms with Crippen LogP contribution in [0.25, 0.3) is 12.2 Å². The number of phenolic OH excluding ortho intramolecular Hbond substituents is 3. The molecule has 0 spiro atoms. The fourth-order valence-electron chi connectivity index (χ4n) is 2.98. The smallest absolute Gasteiger partial charge is 0.123 e. The minimum Gasteiger partial charge on any atom is -0.508 e. The first-order valence-corrected chi connectivity index (χ1v) is 8.53. The summed E-state index contributed by atoms with van der Waals surface area (Å²) in [6, 6.07) is 18.2. The van der Waals surface area contributed by atoms with E-state index < -0.39 is 0 Å². The summed E-state index contributed by atoms with van der Waals surface area (Å²) in [5.41, 5.74) is 4.35. The standard InChI is InChI=1S/C23H22O3/c1-15-3-9-19(10-4-15)16(2)23-21(25)13-18(14-22(23)26)6-5-17-7-11-20(24)12-8-17/h3-14,16,24-26H,1-2H3/b6-5+. The Hall–Kier alpha value is -3.20. The maximum atomic E-state index is 10.5. The molecule has 0 aromatic heterocycles. The van der Waals surface area contributed by atoms with Crippen molar-refractivity contribution in [2.24, 2.45) is 0 Å². The van der Waals surface area contributed by atoms with Gasteiger partial charge in [0.1, 0.15) is 17.2 Å². The molecule has 3 aromatic rings. The molecular formula is C23H22O3. The monoisotopic (exact) mass is 346 g/mol. The molecule has 0 amide bonds. The second-order valence-corrected chi connectivity index (χ2v) is 6.53. The van der Waals surface area contributed by atoms with Crippen LogP contribution in [0.5, 0.6) is 17.2 Å². The van der Waals surface area contributed by atoms with E-state index in [2.05, 4.69) is 0 Å². The Labute approximate surface area is 153 Å². The Bertz CT molecular complexity index is 900. The van der Waals surface area contributed by atoms with Gasteiger partial charge >= 0.3 is 0 Å². The van der Waals surface area contributed by atoms with Crippen molar-refractivity contribution in [3.05, 3.63) is 88.5 Å². The molecule has 0 heterocycles. The minimum absolute atomic E-state index is 0.0726. The van der Waals surface area contributed by atoms with Gasteiger partial charge in [-0.25, -0.2) is 0 Å². The van der Waals surface area contributed by atoms with Crippen LogP contribution in [-0.2, 0) is 0 Å². The Morgan fingerprint density at radius 2 is 1.27 bits per heavy atom. The van der Waals surface area contributed by atoms with Crippen LogP contribution in [0.3, 0.4) is 0 Å². The molecule has 3 heteroatoms. The number of hydrogen-bond acceptors (Lipinski definition) is 3. The first-order valence-electron chi connectivity index (χ1n) is 8.53. The molecule has 3 nitrogen and oxygen atoms in total. The quantitative estimate of drug-likeness (QED) is 0.552. The van der Waals surface area contributed by atoms with Gasteiger partial charge in [0.25, 0.3) is 0 Å². The third-order valence-electron chi connectivity index (χ3n) is 4.53. The maximum Gasteiger partial charge on any atom is 0.123 e. The van der Waals surface area contributed by atoms with Crippen LogP contribution in [0.2, 0.25) is 0 Å². The SMILES string of the molecule is Cc1ccc(C(C)c2c(O)cc(/C=C/c3ccc(O)cc3)cc2O)cc1. The number of benzene rings is 3. The Kier molecular flexibility index (Phi) is 4.99. The van der Waals surface area contributed by atoms with E-state index in [0.29, 0.717) is 11.1 Å². The van der Waals surface area contributed by atoms with Crippen LogP contribution in [0.4, 0.5) is 0 Å². The molecule has 0 bridgehead atoms. The second-order valence-electron chi connectivity index (χ2n) is 6.53. The van der Waals surface area contributed by atoms with E-state index in [1.54, 1.807) is 36.4 Å². The van der Waals surface area contributed by atoms with Crippen molar-refractivity contribution in [2.75, 3.05) is 0 Å². The molecule has 26 heavy (non-hydrogen) atoms. The molecule has 3 rings (SSSR count). The van der Waals surface area contributed by atoms with Crippen LogP contribution < -0.4 is 0 Å². The topological polar surface area (TPSA) is 60.7 Å². The molecule has 0 fully saturated rings. The summed E-state index contributed by atoms with van der Waals surface area (Å²) in [6.45, 7) is 3.99. The van der Waals surface area contributed by atoms with Gasteiger partial charge in [0.2, 0.25) is 0 Å². The summed E-state index contributed by atoms with van der Waals surface area (Å²) < 4.78 is 0. The molecule has 0 radical (unpaired) electrons. The summed E-state index contributed by atoms with van der Waals surface area (Å²) in [5.74, 6) is 0.240. The van der Waals surface area contributed by atoms with Crippen molar-refractivity contribution in [3.63, 3.8) is 0 Å². The number of phenols is 3. The summed E-state index contributed by atoms with van der Waals surface area (Å²) in [7, 11) is 0. The number of aryl methyl sites for hydroxylation is 1. The van der Waals surface area contributed by atoms with Crippen LogP contribution in [0.15, 0.2) is 60.7 Å². The van der Waals surface area contributed by atoms with Crippen LogP contribution >= 0.6 is 0 Å². The first-order chi connectivity index (χ1) is 12.4. The van der Waals surface area contributed by atoms with Gasteiger partial charge in [-0.2, -0.15) is 0 Å². The molecule has 0 aliphatic carbocycles. The normalized spacial score (nSPS) is 12.4. The molecule has 0 saturated heterocycles. The van der Waals surface area contributed by atoms with Gasteiger partial charge in [-0.05, 0) is 47.9 Å². The van der Waals surface area contributed by atoms with Crippen molar-refractivity contribution in [3.8, 4) is 17.2 Å². The zero-order valence-corrected chi connectivity index (χ0v) is 14.8. The van der Waals surface area contributed by atoms with Crippen molar-refractivity contribution in [2.45, 2.75) is 19.8 Å². The average Bonchev–Trinajstić information content (AvgIpc) is 2.61. The minimum atomic E-state index is -0.120. The van der Waals surface area contributed by atoms with E-state index in [1.807, 2.05) is 50.3 Å². The third kappa shape index (κ3) is 3.89. The van der Waals surface area contributed by atoms with E-state index in [4.69, 9.17) is 0 Å².